The Morgan fingerprint density at radius 3 is 2.50 bits per heavy atom. The largest absolute Gasteiger partial charge is 0.435 e. The molecule has 4 aromatic rings. The molecule has 2 aromatic carbocycles. The first-order valence-electron chi connectivity index (χ1n) is 11.2. The normalized spacial score (nSPS) is 11.7. The molecule has 0 saturated heterocycles. The number of hydrogen-bond donors (Lipinski definition) is 2. The van der Waals surface area contributed by atoms with Crippen LogP contribution in [0.25, 0.3) is 16.6 Å². The maximum atomic E-state index is 13.5. The van der Waals surface area contributed by atoms with Crippen LogP contribution in [0.1, 0.15) is 40.4 Å². The first-order valence-corrected chi connectivity index (χ1v) is 12.0. The molecule has 2 heterocycles. The number of benzene rings is 2. The molecule has 13 heteroatoms. The fraction of sp³-hybridized carbons (Fsp3) is 0.200. The molecule has 0 saturated carbocycles. The van der Waals surface area contributed by atoms with Gasteiger partial charge in [-0.05, 0) is 29.5 Å². The Morgan fingerprint density at radius 1 is 1.08 bits per heavy atom. The molecule has 0 unspecified atom stereocenters. The number of rotatable bonds is 7. The molecule has 0 fully saturated rings. The number of nitrogens with zero attached hydrogens (tertiary/aromatic N) is 3. The second-order valence-electron chi connectivity index (χ2n) is 8.56. The molecule has 0 aliphatic carbocycles. The lowest BCUT2D eigenvalue weighted by molar-refractivity contribution is -0.141. The Bertz CT molecular complexity index is 1520. The molecular weight excluding hydrogens is 546 g/mol. The van der Waals surface area contributed by atoms with Gasteiger partial charge in [0.05, 0.1) is 27.9 Å². The van der Waals surface area contributed by atoms with E-state index < -0.39 is 29.4 Å². The lowest BCUT2D eigenvalue weighted by atomic mass is 10.0. The fourth-order valence-electron chi connectivity index (χ4n) is 3.49. The third-order valence-corrected chi connectivity index (χ3v) is 5.91. The van der Waals surface area contributed by atoms with E-state index in [1.807, 2.05) is 13.8 Å². The van der Waals surface area contributed by atoms with Crippen molar-refractivity contribution in [3.05, 3.63) is 81.7 Å². The summed E-state index contributed by atoms with van der Waals surface area (Å²) in [6, 6.07) is 11.7. The van der Waals surface area contributed by atoms with Gasteiger partial charge in [0.25, 0.3) is 11.8 Å². The van der Waals surface area contributed by atoms with E-state index in [1.165, 1.54) is 24.4 Å². The molecule has 4 rings (SSSR count). The number of aromatic nitrogens is 3. The van der Waals surface area contributed by atoms with Crippen LogP contribution in [0, 0.1) is 5.92 Å². The predicted molar refractivity (Wildman–Crippen MR) is 137 cm³/mol. The third-order valence-electron chi connectivity index (χ3n) is 5.22. The van der Waals surface area contributed by atoms with Gasteiger partial charge in [-0.2, -0.15) is 18.3 Å². The lowest BCUT2D eigenvalue weighted by Crippen LogP contribution is -2.27. The topological polar surface area (TPSA) is 98.1 Å². The monoisotopic (exact) mass is 565 g/mol. The van der Waals surface area contributed by atoms with Crippen LogP contribution in [0.15, 0.2) is 54.7 Å². The molecule has 8 nitrogen and oxygen atoms in total. The highest BCUT2D eigenvalue weighted by Crippen LogP contribution is 2.36. The molecule has 2 amide bonds. The Kier molecular flexibility index (Phi) is 7.91. The van der Waals surface area contributed by atoms with Gasteiger partial charge in [-0.3, -0.25) is 14.4 Å². The number of nitrogens with one attached hydrogen (secondary N) is 2. The van der Waals surface area contributed by atoms with E-state index in [2.05, 4.69) is 20.9 Å². The van der Waals surface area contributed by atoms with Crippen molar-refractivity contribution in [3.63, 3.8) is 0 Å². The average Bonchev–Trinajstić information content (AvgIpc) is 3.32. The van der Waals surface area contributed by atoms with Crippen LogP contribution in [-0.4, -0.2) is 33.2 Å². The number of hydroxylamine groups is 1. The number of anilines is 1. The first-order chi connectivity index (χ1) is 18.0. The minimum Gasteiger partial charge on any atom is -0.319 e. The summed E-state index contributed by atoms with van der Waals surface area (Å²) in [6.45, 7) is 3.99. The molecule has 2 aromatic heterocycles. The standard InChI is InChI=1S/C25H20Cl2F3N5O3/c1-13(2)12-38-34-23(36)16-10-14-6-3-4-7-15(14)20(27)21(16)32-24(37)18-11-19(25(28,29)30)33-35(18)22-17(26)8-5-9-31-22/h3-11,13H,12H2,1-2H3,(H,32,37)(H,34,36). The number of amides is 2. The van der Waals surface area contributed by atoms with E-state index in [4.69, 9.17) is 28.0 Å². The zero-order chi connectivity index (χ0) is 27.6. The van der Waals surface area contributed by atoms with Crippen LogP contribution in [-0.2, 0) is 11.0 Å². The molecule has 0 spiro atoms. The summed E-state index contributed by atoms with van der Waals surface area (Å²) in [5.41, 5.74) is 0.229. The van der Waals surface area contributed by atoms with E-state index in [0.29, 0.717) is 21.5 Å². The number of alkyl halides is 3. The van der Waals surface area contributed by atoms with E-state index in [1.54, 1.807) is 24.3 Å². The predicted octanol–water partition coefficient (Wildman–Crippen LogP) is 6.32. The van der Waals surface area contributed by atoms with Crippen LogP contribution in [0.3, 0.4) is 0 Å². The molecule has 198 valence electrons. The van der Waals surface area contributed by atoms with Gasteiger partial charge >= 0.3 is 6.18 Å². The zero-order valence-electron chi connectivity index (χ0n) is 19.9. The number of fused-ring (bicyclic) bond motifs is 1. The van der Waals surface area contributed by atoms with Gasteiger partial charge in [0.1, 0.15) is 5.69 Å². The maximum absolute atomic E-state index is 13.5. The number of pyridine rings is 1. The van der Waals surface area contributed by atoms with Gasteiger partial charge in [-0.25, -0.2) is 15.1 Å². The zero-order valence-corrected chi connectivity index (χ0v) is 21.4. The van der Waals surface area contributed by atoms with Crippen molar-refractivity contribution in [2.45, 2.75) is 20.0 Å². The Labute approximate surface area is 224 Å². The van der Waals surface area contributed by atoms with E-state index in [0.717, 1.165) is 0 Å². The van der Waals surface area contributed by atoms with Gasteiger partial charge in [0.15, 0.2) is 11.5 Å². The third kappa shape index (κ3) is 5.74. The molecule has 38 heavy (non-hydrogen) atoms. The van der Waals surface area contributed by atoms with Crippen molar-refractivity contribution < 1.29 is 27.6 Å². The molecule has 0 atom stereocenters. The van der Waals surface area contributed by atoms with Crippen LogP contribution >= 0.6 is 23.2 Å². The summed E-state index contributed by atoms with van der Waals surface area (Å²) in [4.78, 5) is 35.6. The Balaban J connectivity index is 1.80. The molecule has 0 aliphatic heterocycles. The van der Waals surface area contributed by atoms with E-state index in [-0.39, 0.29) is 39.6 Å². The quantitative estimate of drug-likeness (QED) is 0.256. The Hall–Kier alpha value is -3.67. The van der Waals surface area contributed by atoms with Gasteiger partial charge in [-0.15, -0.1) is 0 Å². The summed E-state index contributed by atoms with van der Waals surface area (Å²) in [7, 11) is 0. The minimum absolute atomic E-state index is 0.00318. The first kappa shape index (κ1) is 27.4. The number of hydrogen-bond acceptors (Lipinski definition) is 5. The van der Waals surface area contributed by atoms with Gasteiger partial charge in [0.2, 0.25) is 0 Å². The van der Waals surface area contributed by atoms with Crippen molar-refractivity contribution in [1.29, 1.82) is 0 Å². The van der Waals surface area contributed by atoms with E-state index in [9.17, 15) is 22.8 Å². The summed E-state index contributed by atoms with van der Waals surface area (Å²) in [5.74, 6) is -1.83. The van der Waals surface area contributed by atoms with Gasteiger partial charge in [-0.1, -0.05) is 61.3 Å². The minimum atomic E-state index is -4.86. The molecule has 0 radical (unpaired) electrons. The van der Waals surface area contributed by atoms with Crippen LogP contribution in [0.2, 0.25) is 10.0 Å². The number of halogens is 5. The highest BCUT2D eigenvalue weighted by molar-refractivity contribution is 6.40. The number of carbonyl (C=O) groups excluding carboxylic acids is 2. The van der Waals surface area contributed by atoms with Crippen LogP contribution < -0.4 is 10.8 Å². The second kappa shape index (κ2) is 11.0. The summed E-state index contributed by atoms with van der Waals surface area (Å²) in [6.07, 6.45) is -3.57. The highest BCUT2D eigenvalue weighted by Gasteiger charge is 2.37. The second-order valence-corrected chi connectivity index (χ2v) is 9.34. The highest BCUT2D eigenvalue weighted by atomic mass is 35.5. The summed E-state index contributed by atoms with van der Waals surface area (Å²) in [5, 5.41) is 7.05. The van der Waals surface area contributed by atoms with E-state index >= 15 is 0 Å². The van der Waals surface area contributed by atoms with Crippen molar-refractivity contribution in [1.82, 2.24) is 20.2 Å². The van der Waals surface area contributed by atoms with Crippen molar-refractivity contribution in [2.24, 2.45) is 5.92 Å². The fourth-order valence-corrected chi connectivity index (χ4v) is 4.01. The smallest absolute Gasteiger partial charge is 0.319 e. The SMILES string of the molecule is CC(C)CONC(=O)c1cc2ccccc2c(Cl)c1NC(=O)c1cc(C(F)(F)F)nn1-c1ncccc1Cl. The lowest BCUT2D eigenvalue weighted by Gasteiger charge is -2.16. The van der Waals surface area contributed by atoms with Crippen molar-refractivity contribution in [3.8, 4) is 5.82 Å². The van der Waals surface area contributed by atoms with Crippen molar-refractivity contribution >= 4 is 51.5 Å². The molecule has 0 aliphatic rings. The Morgan fingerprint density at radius 2 is 1.82 bits per heavy atom. The summed E-state index contributed by atoms with van der Waals surface area (Å²) < 4.78 is 41.2. The molecular formula is C25H20Cl2F3N5O3. The van der Waals surface area contributed by atoms with Crippen LogP contribution in [0.4, 0.5) is 18.9 Å². The molecule has 0 bridgehead atoms. The van der Waals surface area contributed by atoms with Crippen molar-refractivity contribution in [2.75, 3.05) is 11.9 Å². The number of carbonyl (C=O) groups is 2. The van der Waals surface area contributed by atoms with Gasteiger partial charge < -0.3 is 5.32 Å². The van der Waals surface area contributed by atoms with Crippen LogP contribution in [0.5, 0.6) is 0 Å². The maximum Gasteiger partial charge on any atom is 0.435 e. The summed E-state index contributed by atoms with van der Waals surface area (Å²) >= 11 is 12.7. The average molecular weight is 566 g/mol. The van der Waals surface area contributed by atoms with Gasteiger partial charge in [0, 0.05) is 17.6 Å². The molecule has 2 N–H and O–H groups in total.